The normalized spacial score (nSPS) is 19.8. The number of halogens is 1. The standard InChI is InChI=1S/C13H11ClN2O2/c14-12-6-11(16-7-8(17)5-13(16)18)9-3-1-2-4-10(9)15-12/h1-4,6,8,17H,5,7H2. The van der Waals surface area contributed by atoms with E-state index in [1.807, 2.05) is 24.3 Å². The van der Waals surface area contributed by atoms with Crippen molar-refractivity contribution in [2.24, 2.45) is 0 Å². The molecule has 0 bridgehead atoms. The summed E-state index contributed by atoms with van der Waals surface area (Å²) in [4.78, 5) is 17.6. The highest BCUT2D eigenvalue weighted by Gasteiger charge is 2.30. The van der Waals surface area contributed by atoms with Gasteiger partial charge >= 0.3 is 0 Å². The fraction of sp³-hybridized carbons (Fsp3) is 0.231. The molecule has 0 saturated carbocycles. The predicted molar refractivity (Wildman–Crippen MR) is 69.7 cm³/mol. The van der Waals surface area contributed by atoms with Gasteiger partial charge in [0.1, 0.15) is 5.15 Å². The number of aliphatic hydroxyl groups is 1. The molecule has 1 aromatic carbocycles. The number of aromatic nitrogens is 1. The summed E-state index contributed by atoms with van der Waals surface area (Å²) in [7, 11) is 0. The van der Waals surface area contributed by atoms with Crippen LogP contribution in [0.1, 0.15) is 6.42 Å². The van der Waals surface area contributed by atoms with Crippen LogP contribution in [-0.4, -0.2) is 28.6 Å². The SMILES string of the molecule is O=C1CC(O)CN1c1cc(Cl)nc2ccccc12. The fourth-order valence-electron chi connectivity index (χ4n) is 2.27. The maximum atomic E-state index is 11.8. The van der Waals surface area contributed by atoms with Gasteiger partial charge in [-0.15, -0.1) is 0 Å². The molecule has 1 unspecified atom stereocenters. The number of hydrogen-bond donors (Lipinski definition) is 1. The molecule has 5 heteroatoms. The minimum atomic E-state index is -0.608. The Morgan fingerprint density at radius 2 is 2.17 bits per heavy atom. The van der Waals surface area contributed by atoms with Crippen molar-refractivity contribution in [1.29, 1.82) is 0 Å². The first-order chi connectivity index (χ1) is 8.65. The summed E-state index contributed by atoms with van der Waals surface area (Å²) in [5, 5.41) is 10.8. The van der Waals surface area contributed by atoms with Crippen molar-refractivity contribution >= 4 is 34.1 Å². The lowest BCUT2D eigenvalue weighted by Crippen LogP contribution is -2.25. The molecule has 2 heterocycles. The number of fused-ring (bicyclic) bond motifs is 1. The molecule has 1 fully saturated rings. The lowest BCUT2D eigenvalue weighted by Gasteiger charge is -2.18. The van der Waals surface area contributed by atoms with E-state index in [-0.39, 0.29) is 12.3 Å². The third-order valence-electron chi connectivity index (χ3n) is 3.06. The van der Waals surface area contributed by atoms with Gasteiger partial charge in [0, 0.05) is 5.39 Å². The minimum absolute atomic E-state index is 0.0880. The van der Waals surface area contributed by atoms with E-state index in [4.69, 9.17) is 11.6 Å². The summed E-state index contributed by atoms with van der Waals surface area (Å²) in [6.45, 7) is 0.309. The number of β-amino-alcohol motifs (C(OH)–C–C–N with tert-alkyl or cyclic N) is 1. The molecular formula is C13H11ClN2O2. The van der Waals surface area contributed by atoms with Gasteiger partial charge in [0.05, 0.1) is 30.3 Å². The number of nitrogens with zero attached hydrogens (tertiary/aromatic N) is 2. The number of carbonyl (C=O) groups excluding carboxylic acids is 1. The Balaban J connectivity index is 2.19. The van der Waals surface area contributed by atoms with Crippen LogP contribution in [0.5, 0.6) is 0 Å². The van der Waals surface area contributed by atoms with Crippen LogP contribution in [-0.2, 0) is 4.79 Å². The molecule has 0 radical (unpaired) electrons. The number of anilines is 1. The Morgan fingerprint density at radius 1 is 1.39 bits per heavy atom. The van der Waals surface area contributed by atoms with Crippen LogP contribution < -0.4 is 4.90 Å². The average Bonchev–Trinajstić information content (AvgIpc) is 2.67. The van der Waals surface area contributed by atoms with Gasteiger partial charge in [-0.2, -0.15) is 0 Å². The first kappa shape index (κ1) is 11.4. The van der Waals surface area contributed by atoms with Crippen molar-refractivity contribution in [3.05, 3.63) is 35.5 Å². The van der Waals surface area contributed by atoms with Crippen LogP contribution in [0.25, 0.3) is 10.9 Å². The Bertz CT molecular complexity index is 629. The molecule has 1 saturated heterocycles. The third-order valence-corrected chi connectivity index (χ3v) is 3.25. The topological polar surface area (TPSA) is 53.4 Å². The zero-order valence-corrected chi connectivity index (χ0v) is 10.3. The van der Waals surface area contributed by atoms with Gasteiger partial charge in [-0.25, -0.2) is 4.98 Å². The maximum Gasteiger partial charge on any atom is 0.229 e. The molecule has 1 aliphatic heterocycles. The zero-order valence-electron chi connectivity index (χ0n) is 9.51. The Hall–Kier alpha value is -1.65. The van der Waals surface area contributed by atoms with Crippen molar-refractivity contribution in [1.82, 2.24) is 4.98 Å². The molecule has 18 heavy (non-hydrogen) atoms. The van der Waals surface area contributed by atoms with Gasteiger partial charge in [0.15, 0.2) is 0 Å². The van der Waals surface area contributed by atoms with E-state index >= 15 is 0 Å². The Labute approximate surface area is 109 Å². The highest BCUT2D eigenvalue weighted by molar-refractivity contribution is 6.30. The Kier molecular flexibility index (Phi) is 2.69. The molecule has 0 spiro atoms. The van der Waals surface area contributed by atoms with Crippen LogP contribution in [0, 0.1) is 0 Å². The molecule has 2 aromatic rings. The summed E-state index contributed by atoms with van der Waals surface area (Å²) in [5.41, 5.74) is 1.46. The molecule has 3 rings (SSSR count). The first-order valence-corrected chi connectivity index (χ1v) is 6.06. The van der Waals surface area contributed by atoms with Crippen molar-refractivity contribution in [3.8, 4) is 0 Å². The van der Waals surface area contributed by atoms with E-state index in [1.54, 1.807) is 11.0 Å². The molecule has 1 aliphatic rings. The van der Waals surface area contributed by atoms with Gasteiger partial charge in [-0.1, -0.05) is 29.8 Å². The lowest BCUT2D eigenvalue weighted by atomic mass is 10.2. The molecule has 4 nitrogen and oxygen atoms in total. The number of carbonyl (C=O) groups is 1. The minimum Gasteiger partial charge on any atom is -0.391 e. The molecule has 92 valence electrons. The molecule has 1 amide bonds. The number of rotatable bonds is 1. The van der Waals surface area contributed by atoms with E-state index in [2.05, 4.69) is 4.98 Å². The van der Waals surface area contributed by atoms with Gasteiger partial charge in [-0.05, 0) is 12.1 Å². The smallest absolute Gasteiger partial charge is 0.229 e. The Morgan fingerprint density at radius 3 is 2.89 bits per heavy atom. The number of benzene rings is 1. The van der Waals surface area contributed by atoms with Gasteiger partial charge < -0.3 is 10.0 Å². The van der Waals surface area contributed by atoms with Crippen LogP contribution in [0.3, 0.4) is 0 Å². The van der Waals surface area contributed by atoms with Crippen LogP contribution in [0.4, 0.5) is 5.69 Å². The zero-order chi connectivity index (χ0) is 12.7. The van der Waals surface area contributed by atoms with E-state index in [1.165, 1.54) is 0 Å². The number of amides is 1. The van der Waals surface area contributed by atoms with Crippen LogP contribution in [0.2, 0.25) is 5.15 Å². The molecule has 1 N–H and O–H groups in total. The summed E-state index contributed by atoms with van der Waals surface area (Å²) >= 11 is 5.97. The van der Waals surface area contributed by atoms with Gasteiger partial charge in [-0.3, -0.25) is 4.79 Å². The monoisotopic (exact) mass is 262 g/mol. The maximum absolute atomic E-state index is 11.8. The second-order valence-electron chi connectivity index (χ2n) is 4.34. The van der Waals surface area contributed by atoms with Crippen molar-refractivity contribution in [2.75, 3.05) is 11.4 Å². The summed E-state index contributed by atoms with van der Waals surface area (Å²) in [6.07, 6.45) is -0.447. The molecule has 0 aliphatic carbocycles. The second-order valence-corrected chi connectivity index (χ2v) is 4.73. The van der Waals surface area contributed by atoms with E-state index in [0.29, 0.717) is 17.4 Å². The second kappa shape index (κ2) is 4.23. The van der Waals surface area contributed by atoms with Gasteiger partial charge in [0.25, 0.3) is 0 Å². The van der Waals surface area contributed by atoms with Crippen molar-refractivity contribution in [3.63, 3.8) is 0 Å². The largest absolute Gasteiger partial charge is 0.391 e. The van der Waals surface area contributed by atoms with Crippen molar-refractivity contribution in [2.45, 2.75) is 12.5 Å². The van der Waals surface area contributed by atoms with Crippen LogP contribution >= 0.6 is 11.6 Å². The predicted octanol–water partition coefficient (Wildman–Crippen LogP) is 1.99. The highest BCUT2D eigenvalue weighted by Crippen LogP contribution is 2.31. The first-order valence-electron chi connectivity index (χ1n) is 5.69. The van der Waals surface area contributed by atoms with E-state index in [0.717, 1.165) is 10.9 Å². The molecular weight excluding hydrogens is 252 g/mol. The summed E-state index contributed by atoms with van der Waals surface area (Å²) in [6, 6.07) is 9.17. The van der Waals surface area contributed by atoms with Crippen LogP contribution in [0.15, 0.2) is 30.3 Å². The van der Waals surface area contributed by atoms with E-state index < -0.39 is 6.10 Å². The third kappa shape index (κ3) is 1.83. The fourth-order valence-corrected chi connectivity index (χ4v) is 2.46. The summed E-state index contributed by atoms with van der Waals surface area (Å²) in [5.74, 6) is -0.0880. The number of pyridine rings is 1. The van der Waals surface area contributed by atoms with Gasteiger partial charge in [0.2, 0.25) is 5.91 Å². The quantitative estimate of drug-likeness (QED) is 0.800. The van der Waals surface area contributed by atoms with E-state index in [9.17, 15) is 9.90 Å². The summed E-state index contributed by atoms with van der Waals surface area (Å²) < 4.78 is 0. The number of para-hydroxylation sites is 1. The van der Waals surface area contributed by atoms with Crippen molar-refractivity contribution < 1.29 is 9.90 Å². The lowest BCUT2D eigenvalue weighted by molar-refractivity contribution is -0.117. The number of aliphatic hydroxyl groups excluding tert-OH is 1. The highest BCUT2D eigenvalue weighted by atomic mass is 35.5. The number of hydrogen-bond acceptors (Lipinski definition) is 3. The molecule has 1 aromatic heterocycles. The average molecular weight is 263 g/mol. The molecule has 1 atom stereocenters.